The highest BCUT2D eigenvalue weighted by Crippen LogP contribution is 2.24. The van der Waals surface area contributed by atoms with E-state index in [9.17, 15) is 13.6 Å². The molecule has 0 bridgehead atoms. The maximum atomic E-state index is 12.3. The first-order valence-corrected chi connectivity index (χ1v) is 4.03. The molecule has 1 rings (SSSR count). The average molecular weight is 232 g/mol. The molecule has 0 radical (unpaired) electrons. The molecule has 0 aliphatic rings. The highest BCUT2D eigenvalue weighted by molar-refractivity contribution is 6.68. The molecule has 1 aromatic heterocycles. The molecule has 0 saturated carbocycles. The number of nitrogen functional groups attached to an aromatic ring is 1. The lowest BCUT2D eigenvalue weighted by Crippen LogP contribution is -2.06. The number of aromatic nitrogens is 1. The third-order valence-corrected chi connectivity index (χ3v) is 1.82. The van der Waals surface area contributed by atoms with Crippen molar-refractivity contribution in [2.45, 2.75) is 6.43 Å². The van der Waals surface area contributed by atoms with Gasteiger partial charge in [-0.25, -0.2) is 13.8 Å². The molecular weight excluding hydrogens is 228 g/mol. The van der Waals surface area contributed by atoms with Crippen LogP contribution in [0.15, 0.2) is 6.07 Å². The molecule has 2 N–H and O–H groups in total. The van der Waals surface area contributed by atoms with E-state index in [1.807, 2.05) is 0 Å². The average Bonchev–Trinajstić information content (AvgIpc) is 2.16. The highest BCUT2D eigenvalue weighted by atomic mass is 35.5. The van der Waals surface area contributed by atoms with Crippen LogP contribution in [0.2, 0.25) is 0 Å². The van der Waals surface area contributed by atoms with E-state index in [-0.39, 0.29) is 5.56 Å². The fourth-order valence-electron chi connectivity index (χ4n) is 0.956. The Kier molecular flexibility index (Phi) is 3.17. The van der Waals surface area contributed by atoms with Gasteiger partial charge in [-0.05, 0) is 17.7 Å². The Morgan fingerprint density at radius 1 is 1.67 bits per heavy atom. The van der Waals surface area contributed by atoms with E-state index in [1.54, 1.807) is 0 Å². The SMILES string of the molecule is N#Cc1cc(C(=O)Cl)c(N)nc1C(F)F. The van der Waals surface area contributed by atoms with E-state index in [2.05, 4.69) is 4.98 Å². The Morgan fingerprint density at radius 3 is 2.67 bits per heavy atom. The summed E-state index contributed by atoms with van der Waals surface area (Å²) in [5, 5.41) is 7.60. The van der Waals surface area contributed by atoms with Crippen molar-refractivity contribution in [1.29, 1.82) is 5.26 Å². The second-order valence-electron chi connectivity index (χ2n) is 2.54. The van der Waals surface area contributed by atoms with Crippen molar-refractivity contribution in [3.8, 4) is 6.07 Å². The summed E-state index contributed by atoms with van der Waals surface area (Å²) in [6.45, 7) is 0. The zero-order valence-corrected chi connectivity index (χ0v) is 7.92. The number of nitrogens with two attached hydrogens (primary N) is 1. The fourth-order valence-corrected chi connectivity index (χ4v) is 1.11. The molecule has 0 aliphatic heterocycles. The lowest BCUT2D eigenvalue weighted by molar-refractivity contribution is 0.108. The summed E-state index contributed by atoms with van der Waals surface area (Å²) >= 11 is 5.11. The summed E-state index contributed by atoms with van der Waals surface area (Å²) in [4.78, 5) is 14.0. The summed E-state index contributed by atoms with van der Waals surface area (Å²) in [6.07, 6.45) is -2.93. The first-order valence-electron chi connectivity index (χ1n) is 3.66. The molecule has 7 heteroatoms. The molecule has 0 aliphatic carbocycles. The Bertz CT molecular complexity index is 456. The molecule has 15 heavy (non-hydrogen) atoms. The maximum Gasteiger partial charge on any atom is 0.281 e. The smallest absolute Gasteiger partial charge is 0.281 e. The fraction of sp³-hybridized carbons (Fsp3) is 0.125. The van der Waals surface area contributed by atoms with Crippen LogP contribution in [-0.4, -0.2) is 10.2 Å². The standard InChI is InChI=1S/C8H4ClF2N3O/c9-6(15)4-1-3(2-12)5(7(10)11)14-8(4)13/h1,7H,(H2,13,14). The number of carbonyl (C=O) groups is 1. The quantitative estimate of drug-likeness (QED) is 0.788. The first kappa shape index (κ1) is 11.3. The Hall–Kier alpha value is -1.74. The van der Waals surface area contributed by atoms with E-state index in [0.29, 0.717) is 0 Å². The number of anilines is 1. The molecule has 1 heterocycles. The summed E-state index contributed by atoms with van der Waals surface area (Å²) in [6, 6.07) is 2.39. The number of nitriles is 1. The van der Waals surface area contributed by atoms with Gasteiger partial charge in [-0.1, -0.05) is 0 Å². The molecular formula is C8H4ClF2N3O. The third-order valence-electron chi connectivity index (χ3n) is 1.62. The second-order valence-corrected chi connectivity index (χ2v) is 2.88. The maximum absolute atomic E-state index is 12.3. The van der Waals surface area contributed by atoms with Gasteiger partial charge in [0.1, 0.15) is 17.6 Å². The van der Waals surface area contributed by atoms with E-state index >= 15 is 0 Å². The molecule has 0 unspecified atom stereocenters. The van der Waals surface area contributed by atoms with Gasteiger partial charge in [0.15, 0.2) is 0 Å². The van der Waals surface area contributed by atoms with Gasteiger partial charge in [-0.15, -0.1) is 0 Å². The van der Waals surface area contributed by atoms with Gasteiger partial charge in [-0.3, -0.25) is 4.79 Å². The third kappa shape index (κ3) is 2.19. The van der Waals surface area contributed by atoms with Crippen molar-refractivity contribution in [3.05, 3.63) is 22.9 Å². The number of halogens is 3. The van der Waals surface area contributed by atoms with Crippen LogP contribution in [0.5, 0.6) is 0 Å². The van der Waals surface area contributed by atoms with Crippen LogP contribution >= 0.6 is 11.6 Å². The number of carbonyl (C=O) groups excluding carboxylic acids is 1. The number of hydrogen-bond donors (Lipinski definition) is 1. The molecule has 0 saturated heterocycles. The van der Waals surface area contributed by atoms with Gasteiger partial charge in [0.05, 0.1) is 11.1 Å². The monoisotopic (exact) mass is 231 g/mol. The molecule has 0 atom stereocenters. The lowest BCUT2D eigenvalue weighted by atomic mass is 10.1. The van der Waals surface area contributed by atoms with Gasteiger partial charge < -0.3 is 5.73 Å². The van der Waals surface area contributed by atoms with Crippen LogP contribution in [-0.2, 0) is 0 Å². The van der Waals surface area contributed by atoms with Crippen LogP contribution < -0.4 is 5.73 Å². The van der Waals surface area contributed by atoms with Crippen molar-refractivity contribution >= 4 is 22.7 Å². The van der Waals surface area contributed by atoms with Gasteiger partial charge in [0.2, 0.25) is 0 Å². The zero-order chi connectivity index (χ0) is 11.6. The van der Waals surface area contributed by atoms with Gasteiger partial charge in [0.25, 0.3) is 11.7 Å². The number of nitrogens with zero attached hydrogens (tertiary/aromatic N) is 2. The van der Waals surface area contributed by atoms with Crippen LogP contribution in [0, 0.1) is 11.3 Å². The van der Waals surface area contributed by atoms with Crippen LogP contribution in [0.4, 0.5) is 14.6 Å². The second kappa shape index (κ2) is 4.19. The van der Waals surface area contributed by atoms with E-state index < -0.39 is 28.7 Å². The molecule has 0 spiro atoms. The minimum absolute atomic E-state index is 0.252. The largest absolute Gasteiger partial charge is 0.383 e. The molecule has 78 valence electrons. The number of hydrogen-bond acceptors (Lipinski definition) is 4. The molecule has 4 nitrogen and oxygen atoms in total. The predicted molar refractivity (Wildman–Crippen MR) is 48.5 cm³/mol. The highest BCUT2D eigenvalue weighted by Gasteiger charge is 2.19. The summed E-state index contributed by atoms with van der Waals surface area (Å²) < 4.78 is 24.7. The molecule has 0 amide bonds. The van der Waals surface area contributed by atoms with Gasteiger partial charge >= 0.3 is 0 Å². The van der Waals surface area contributed by atoms with Gasteiger partial charge in [-0.2, -0.15) is 5.26 Å². The first-order chi connectivity index (χ1) is 6.97. The van der Waals surface area contributed by atoms with Crippen LogP contribution in [0.25, 0.3) is 0 Å². The Morgan fingerprint density at radius 2 is 2.27 bits per heavy atom. The van der Waals surface area contributed by atoms with Crippen LogP contribution in [0.3, 0.4) is 0 Å². The number of pyridine rings is 1. The number of rotatable bonds is 2. The van der Waals surface area contributed by atoms with E-state index in [4.69, 9.17) is 22.6 Å². The minimum atomic E-state index is -2.93. The Balaban J connectivity index is 3.44. The molecule has 0 fully saturated rings. The summed E-state index contributed by atoms with van der Waals surface area (Å²) in [5.41, 5.74) is 3.81. The van der Waals surface area contributed by atoms with Crippen molar-refractivity contribution in [3.63, 3.8) is 0 Å². The zero-order valence-electron chi connectivity index (χ0n) is 7.17. The normalized spacial score (nSPS) is 10.1. The van der Waals surface area contributed by atoms with Crippen molar-refractivity contribution < 1.29 is 13.6 Å². The molecule has 0 aromatic carbocycles. The Labute approximate surface area is 88.3 Å². The minimum Gasteiger partial charge on any atom is -0.383 e. The lowest BCUT2D eigenvalue weighted by Gasteiger charge is -2.05. The van der Waals surface area contributed by atoms with E-state index in [0.717, 1.165) is 6.07 Å². The van der Waals surface area contributed by atoms with Crippen molar-refractivity contribution in [2.75, 3.05) is 5.73 Å². The predicted octanol–water partition coefficient (Wildman–Crippen LogP) is 1.85. The molecule has 1 aromatic rings. The van der Waals surface area contributed by atoms with Crippen LogP contribution in [0.1, 0.15) is 28.0 Å². The van der Waals surface area contributed by atoms with Gasteiger partial charge in [0, 0.05) is 0 Å². The summed E-state index contributed by atoms with van der Waals surface area (Å²) in [5.74, 6) is -0.413. The topological polar surface area (TPSA) is 79.8 Å². The number of alkyl halides is 2. The van der Waals surface area contributed by atoms with Crippen molar-refractivity contribution in [2.24, 2.45) is 0 Å². The van der Waals surface area contributed by atoms with Crippen molar-refractivity contribution in [1.82, 2.24) is 4.98 Å². The van der Waals surface area contributed by atoms with E-state index in [1.165, 1.54) is 6.07 Å². The summed E-state index contributed by atoms with van der Waals surface area (Å²) in [7, 11) is 0.